The van der Waals surface area contributed by atoms with Crippen LogP contribution in [0.15, 0.2) is 54.6 Å². The summed E-state index contributed by atoms with van der Waals surface area (Å²) in [6.07, 6.45) is -0.355. The average Bonchev–Trinajstić information content (AvgIpc) is 2.65. The monoisotopic (exact) mass is 399 g/mol. The first-order valence-electron chi connectivity index (χ1n) is 9.17. The smallest absolute Gasteiger partial charge is 0.408 e. The van der Waals surface area contributed by atoms with Crippen molar-refractivity contribution in [1.82, 2.24) is 5.32 Å². The van der Waals surface area contributed by atoms with Crippen LogP contribution in [0.3, 0.4) is 0 Å². The van der Waals surface area contributed by atoms with Gasteiger partial charge in [0.05, 0.1) is 6.04 Å². The van der Waals surface area contributed by atoms with Gasteiger partial charge in [0.1, 0.15) is 5.60 Å². The zero-order valence-corrected chi connectivity index (χ0v) is 16.9. The number of alkyl carbamates (subject to hydrolysis) is 1. The van der Waals surface area contributed by atoms with E-state index in [0.29, 0.717) is 12.0 Å². The van der Waals surface area contributed by atoms with E-state index in [1.807, 2.05) is 30.3 Å². The third-order valence-corrected chi connectivity index (χ3v) is 3.68. The summed E-state index contributed by atoms with van der Waals surface area (Å²) in [7, 11) is 0. The highest BCUT2D eigenvalue weighted by molar-refractivity contribution is 6.01. The predicted molar refractivity (Wildman–Crippen MR) is 106 cm³/mol. The SMILES string of the molecule is CC(=O)OOc1ccc(C(=O)[C@H](Cc2ccccc2)NC(=O)OC(C)(C)C)cc1. The van der Waals surface area contributed by atoms with Crippen molar-refractivity contribution in [2.75, 3.05) is 0 Å². The van der Waals surface area contributed by atoms with Crippen LogP contribution in [-0.4, -0.2) is 29.5 Å². The van der Waals surface area contributed by atoms with Crippen molar-refractivity contribution >= 4 is 17.8 Å². The Bertz CT molecular complexity index is 840. The highest BCUT2D eigenvalue weighted by Gasteiger charge is 2.25. The van der Waals surface area contributed by atoms with E-state index in [-0.39, 0.29) is 11.5 Å². The van der Waals surface area contributed by atoms with Gasteiger partial charge in [-0.3, -0.25) is 14.6 Å². The second-order valence-corrected chi connectivity index (χ2v) is 7.44. The van der Waals surface area contributed by atoms with Gasteiger partial charge in [-0.1, -0.05) is 30.3 Å². The van der Waals surface area contributed by atoms with Crippen molar-refractivity contribution in [3.8, 4) is 5.75 Å². The number of hydrogen-bond donors (Lipinski definition) is 1. The summed E-state index contributed by atoms with van der Waals surface area (Å²) in [5.74, 6) is -0.593. The van der Waals surface area contributed by atoms with Crippen LogP contribution in [0.5, 0.6) is 5.75 Å². The number of carbonyl (C=O) groups excluding carboxylic acids is 3. The van der Waals surface area contributed by atoms with E-state index in [0.717, 1.165) is 5.56 Å². The molecule has 0 radical (unpaired) electrons. The summed E-state index contributed by atoms with van der Waals surface area (Å²) in [5.41, 5.74) is 0.592. The molecule has 0 aliphatic rings. The molecule has 154 valence electrons. The topological polar surface area (TPSA) is 90.9 Å². The molecule has 2 aromatic carbocycles. The highest BCUT2D eigenvalue weighted by Crippen LogP contribution is 2.16. The number of rotatable bonds is 7. The van der Waals surface area contributed by atoms with E-state index in [2.05, 4.69) is 10.2 Å². The summed E-state index contributed by atoms with van der Waals surface area (Å²) < 4.78 is 5.29. The molecule has 29 heavy (non-hydrogen) atoms. The lowest BCUT2D eigenvalue weighted by Gasteiger charge is -2.23. The normalized spacial score (nSPS) is 11.9. The number of hydrogen-bond acceptors (Lipinski definition) is 6. The second kappa shape index (κ2) is 9.73. The Morgan fingerprint density at radius 3 is 2.14 bits per heavy atom. The number of ether oxygens (including phenoxy) is 1. The molecule has 0 saturated carbocycles. The summed E-state index contributed by atoms with van der Waals surface area (Å²) >= 11 is 0. The molecule has 7 nitrogen and oxygen atoms in total. The summed E-state index contributed by atoms with van der Waals surface area (Å²) in [5, 5.41) is 2.66. The molecule has 0 aromatic heterocycles. The number of amides is 1. The largest absolute Gasteiger partial charge is 0.444 e. The van der Waals surface area contributed by atoms with Gasteiger partial charge >= 0.3 is 12.1 Å². The Morgan fingerprint density at radius 2 is 1.59 bits per heavy atom. The molecule has 1 N–H and O–H groups in total. The van der Waals surface area contributed by atoms with E-state index in [4.69, 9.17) is 9.62 Å². The second-order valence-electron chi connectivity index (χ2n) is 7.44. The third-order valence-electron chi connectivity index (χ3n) is 3.68. The zero-order valence-electron chi connectivity index (χ0n) is 16.9. The van der Waals surface area contributed by atoms with E-state index in [1.165, 1.54) is 31.2 Å². The lowest BCUT2D eigenvalue weighted by molar-refractivity contribution is -0.210. The quantitative estimate of drug-likeness (QED) is 0.432. The molecule has 0 heterocycles. The predicted octanol–water partition coefficient (Wildman–Crippen LogP) is 3.86. The van der Waals surface area contributed by atoms with E-state index in [9.17, 15) is 14.4 Å². The molecular formula is C22H25NO6. The average molecular weight is 399 g/mol. The van der Waals surface area contributed by atoms with Crippen molar-refractivity contribution in [3.05, 3.63) is 65.7 Å². The van der Waals surface area contributed by atoms with E-state index >= 15 is 0 Å². The van der Waals surface area contributed by atoms with Crippen molar-refractivity contribution < 1.29 is 28.9 Å². The van der Waals surface area contributed by atoms with Gasteiger partial charge in [-0.05, 0) is 50.6 Å². The minimum atomic E-state index is -0.813. The van der Waals surface area contributed by atoms with E-state index in [1.54, 1.807) is 20.8 Å². The lowest BCUT2D eigenvalue weighted by Crippen LogP contribution is -2.44. The molecule has 0 fully saturated rings. The number of nitrogens with one attached hydrogen (secondary N) is 1. The van der Waals surface area contributed by atoms with Crippen molar-refractivity contribution in [1.29, 1.82) is 0 Å². The van der Waals surface area contributed by atoms with Crippen LogP contribution in [0.25, 0.3) is 0 Å². The Labute approximate surface area is 169 Å². The van der Waals surface area contributed by atoms with Crippen molar-refractivity contribution in [2.45, 2.75) is 45.8 Å². The molecule has 0 unspecified atom stereocenters. The first kappa shape index (κ1) is 21.9. The molecule has 1 amide bonds. The number of carbonyl (C=O) groups is 3. The van der Waals surface area contributed by atoms with Crippen LogP contribution in [0, 0.1) is 0 Å². The Balaban J connectivity index is 2.16. The van der Waals surface area contributed by atoms with Gasteiger partial charge in [-0.2, -0.15) is 0 Å². The molecule has 7 heteroatoms. The van der Waals surface area contributed by atoms with Crippen LogP contribution < -0.4 is 10.2 Å². The Kier molecular flexibility index (Phi) is 7.36. The van der Waals surface area contributed by atoms with Gasteiger partial charge in [0.25, 0.3) is 0 Å². The molecule has 1 atom stereocenters. The van der Waals surface area contributed by atoms with Gasteiger partial charge in [-0.15, -0.1) is 0 Å². The number of Topliss-reactive ketones (excluding diaryl/α,β-unsaturated/α-hetero) is 1. The maximum absolute atomic E-state index is 13.0. The van der Waals surface area contributed by atoms with Crippen molar-refractivity contribution in [2.24, 2.45) is 0 Å². The van der Waals surface area contributed by atoms with Crippen LogP contribution >= 0.6 is 0 Å². The molecule has 0 spiro atoms. The fourth-order valence-electron chi connectivity index (χ4n) is 2.49. The van der Waals surface area contributed by atoms with Crippen LogP contribution in [-0.2, 0) is 20.8 Å². The fraction of sp³-hybridized carbons (Fsp3) is 0.318. The fourth-order valence-corrected chi connectivity index (χ4v) is 2.49. The summed E-state index contributed by atoms with van der Waals surface area (Å²) in [6.45, 7) is 6.47. The van der Waals surface area contributed by atoms with Crippen LogP contribution in [0.2, 0.25) is 0 Å². The molecular weight excluding hydrogens is 374 g/mol. The van der Waals surface area contributed by atoms with Crippen LogP contribution in [0.1, 0.15) is 43.6 Å². The Morgan fingerprint density at radius 1 is 0.966 bits per heavy atom. The molecule has 2 aromatic rings. The van der Waals surface area contributed by atoms with Gasteiger partial charge in [0, 0.05) is 18.9 Å². The Hall–Kier alpha value is -3.35. The molecule has 0 saturated heterocycles. The molecule has 0 aliphatic heterocycles. The van der Waals surface area contributed by atoms with Crippen LogP contribution in [0.4, 0.5) is 4.79 Å². The lowest BCUT2D eigenvalue weighted by atomic mass is 9.97. The summed E-state index contributed by atoms with van der Waals surface area (Å²) in [4.78, 5) is 45.4. The minimum absolute atomic E-state index is 0.275. The first-order chi connectivity index (χ1) is 13.6. The first-order valence-corrected chi connectivity index (χ1v) is 9.17. The summed E-state index contributed by atoms with van der Waals surface area (Å²) in [6, 6.07) is 14.6. The minimum Gasteiger partial charge on any atom is -0.444 e. The maximum Gasteiger partial charge on any atom is 0.408 e. The highest BCUT2D eigenvalue weighted by atomic mass is 17.2. The molecule has 0 bridgehead atoms. The van der Waals surface area contributed by atoms with E-state index < -0.39 is 23.7 Å². The van der Waals surface area contributed by atoms with Crippen molar-refractivity contribution in [3.63, 3.8) is 0 Å². The van der Waals surface area contributed by atoms with Gasteiger partial charge in [0.2, 0.25) is 0 Å². The van der Waals surface area contributed by atoms with Gasteiger partial charge < -0.3 is 10.1 Å². The third kappa shape index (κ3) is 7.65. The number of benzene rings is 2. The number of ketones is 1. The standard InChI is InChI=1S/C22H25NO6/c1-15(24)28-29-18-12-10-17(11-13-18)20(25)19(14-16-8-6-5-7-9-16)23-21(26)27-22(2,3)4/h5-13,19H,14H2,1-4H3,(H,23,26)/t19-/m0/s1. The van der Waals surface area contributed by atoms with Gasteiger partial charge in [0.15, 0.2) is 11.5 Å². The zero-order chi connectivity index (χ0) is 21.4. The maximum atomic E-state index is 13.0. The molecule has 0 aliphatic carbocycles. The van der Waals surface area contributed by atoms with Gasteiger partial charge in [-0.25, -0.2) is 9.59 Å². The molecule has 2 rings (SSSR count).